The maximum absolute atomic E-state index is 13.7. The zero-order chi connectivity index (χ0) is 12.8. The van der Waals surface area contributed by atoms with Crippen molar-refractivity contribution in [3.8, 4) is 0 Å². The Labute approximate surface area is 114 Å². The van der Waals surface area contributed by atoms with E-state index < -0.39 is 0 Å². The molecule has 17 heavy (non-hydrogen) atoms. The summed E-state index contributed by atoms with van der Waals surface area (Å²) in [5.74, 6) is -0.231. The van der Waals surface area contributed by atoms with Crippen molar-refractivity contribution in [1.82, 2.24) is 10.6 Å². The molecular weight excluding hydrogens is 307 g/mol. The molecule has 0 fully saturated rings. The van der Waals surface area contributed by atoms with Gasteiger partial charge in [0.15, 0.2) is 5.11 Å². The monoisotopic (exact) mass is 320 g/mol. The van der Waals surface area contributed by atoms with E-state index in [1.807, 2.05) is 0 Å². The van der Waals surface area contributed by atoms with Gasteiger partial charge in [0.2, 0.25) is 0 Å². The molecule has 0 unspecified atom stereocenters. The van der Waals surface area contributed by atoms with Crippen LogP contribution in [0.25, 0.3) is 0 Å². The van der Waals surface area contributed by atoms with Gasteiger partial charge in [-0.1, -0.05) is 15.9 Å². The number of hydrogen-bond acceptors (Lipinski definition) is 2. The number of hydrogen-bond donors (Lipinski definition) is 3. The lowest BCUT2D eigenvalue weighted by Crippen LogP contribution is -2.36. The molecule has 3 nitrogen and oxygen atoms in total. The Morgan fingerprint density at radius 3 is 2.82 bits per heavy atom. The Kier molecular flexibility index (Phi) is 5.80. The molecule has 0 radical (unpaired) electrons. The first-order chi connectivity index (χ1) is 8.04. The van der Waals surface area contributed by atoms with Crippen LogP contribution >= 0.6 is 28.1 Å². The summed E-state index contributed by atoms with van der Waals surface area (Å²) in [6.07, 6.45) is 0. The quantitative estimate of drug-likeness (QED) is 0.741. The molecule has 0 atom stereocenters. The first-order valence-electron chi connectivity index (χ1n) is 5.11. The van der Waals surface area contributed by atoms with Gasteiger partial charge in [0.1, 0.15) is 5.82 Å². The molecule has 0 heterocycles. The largest absolute Gasteiger partial charge is 0.395 e. The molecule has 0 saturated carbocycles. The first-order valence-corrected chi connectivity index (χ1v) is 6.31. The van der Waals surface area contributed by atoms with Gasteiger partial charge in [-0.15, -0.1) is 0 Å². The summed E-state index contributed by atoms with van der Waals surface area (Å²) >= 11 is 8.28. The number of aliphatic hydroxyl groups excluding tert-OH is 1. The average Bonchev–Trinajstić information content (AvgIpc) is 2.29. The van der Waals surface area contributed by atoms with Crippen LogP contribution in [0.2, 0.25) is 0 Å². The molecule has 0 spiro atoms. The predicted molar refractivity (Wildman–Crippen MR) is 73.4 cm³/mol. The summed E-state index contributed by atoms with van der Waals surface area (Å²) in [6, 6.07) is 3.44. The highest BCUT2D eigenvalue weighted by Crippen LogP contribution is 2.19. The third-order valence-electron chi connectivity index (χ3n) is 2.13. The van der Waals surface area contributed by atoms with Crippen molar-refractivity contribution in [2.24, 2.45) is 0 Å². The van der Waals surface area contributed by atoms with Crippen molar-refractivity contribution >= 4 is 33.3 Å². The molecule has 3 N–H and O–H groups in total. The van der Waals surface area contributed by atoms with E-state index >= 15 is 0 Å². The number of aryl methyl sites for hydroxylation is 1. The zero-order valence-electron chi connectivity index (χ0n) is 9.39. The third-order valence-corrected chi connectivity index (χ3v) is 2.88. The van der Waals surface area contributed by atoms with Gasteiger partial charge in [0.25, 0.3) is 0 Å². The van der Waals surface area contributed by atoms with Crippen molar-refractivity contribution < 1.29 is 9.50 Å². The van der Waals surface area contributed by atoms with Crippen molar-refractivity contribution in [2.75, 3.05) is 13.2 Å². The molecule has 1 aromatic rings. The van der Waals surface area contributed by atoms with Crippen molar-refractivity contribution in [1.29, 1.82) is 0 Å². The van der Waals surface area contributed by atoms with E-state index in [0.29, 0.717) is 29.3 Å². The van der Waals surface area contributed by atoms with Gasteiger partial charge in [-0.2, -0.15) is 0 Å². The SMILES string of the molecule is Cc1cc(Br)cc(CNC(=S)NCCO)c1F. The highest BCUT2D eigenvalue weighted by atomic mass is 79.9. The van der Waals surface area contributed by atoms with E-state index in [4.69, 9.17) is 17.3 Å². The lowest BCUT2D eigenvalue weighted by molar-refractivity contribution is 0.300. The van der Waals surface area contributed by atoms with E-state index in [1.165, 1.54) is 0 Å². The van der Waals surface area contributed by atoms with E-state index in [2.05, 4.69) is 26.6 Å². The molecule has 1 aromatic carbocycles. The summed E-state index contributed by atoms with van der Waals surface area (Å²) in [6.45, 7) is 2.41. The number of thiocarbonyl (C=S) groups is 1. The normalized spacial score (nSPS) is 10.1. The molecule has 0 bridgehead atoms. The zero-order valence-corrected chi connectivity index (χ0v) is 11.8. The van der Waals surface area contributed by atoms with Crippen LogP contribution in [0.5, 0.6) is 0 Å². The van der Waals surface area contributed by atoms with Crippen LogP contribution in [0, 0.1) is 12.7 Å². The highest BCUT2D eigenvalue weighted by Gasteiger charge is 2.07. The van der Waals surface area contributed by atoms with Gasteiger partial charge in [-0.05, 0) is 36.8 Å². The summed E-state index contributed by atoms with van der Waals surface area (Å²) in [5, 5.41) is 14.7. The average molecular weight is 321 g/mol. The van der Waals surface area contributed by atoms with Crippen LogP contribution in [0.3, 0.4) is 0 Å². The van der Waals surface area contributed by atoms with E-state index in [9.17, 15) is 4.39 Å². The fraction of sp³-hybridized carbons (Fsp3) is 0.364. The molecule has 0 aliphatic heterocycles. The van der Waals surface area contributed by atoms with Gasteiger partial charge in [0, 0.05) is 23.1 Å². The minimum atomic E-state index is -0.231. The highest BCUT2D eigenvalue weighted by molar-refractivity contribution is 9.10. The van der Waals surface area contributed by atoms with E-state index in [0.717, 1.165) is 4.47 Å². The van der Waals surface area contributed by atoms with Crippen LogP contribution in [0.1, 0.15) is 11.1 Å². The summed E-state index contributed by atoms with van der Waals surface area (Å²) in [7, 11) is 0. The molecule has 0 aromatic heterocycles. The van der Waals surface area contributed by atoms with Crippen LogP contribution in [-0.4, -0.2) is 23.4 Å². The lowest BCUT2D eigenvalue weighted by atomic mass is 10.1. The molecule has 0 aliphatic carbocycles. The number of rotatable bonds is 4. The second kappa shape index (κ2) is 6.88. The van der Waals surface area contributed by atoms with Crippen LogP contribution in [0.4, 0.5) is 4.39 Å². The molecule has 0 saturated heterocycles. The Hall–Kier alpha value is -0.720. The minimum absolute atomic E-state index is 0.00613. The molecule has 0 aliphatic rings. The van der Waals surface area contributed by atoms with Gasteiger partial charge in [-0.25, -0.2) is 4.39 Å². The van der Waals surface area contributed by atoms with Gasteiger partial charge < -0.3 is 15.7 Å². The van der Waals surface area contributed by atoms with Crippen molar-refractivity contribution in [2.45, 2.75) is 13.5 Å². The number of halogens is 2. The molecule has 1 rings (SSSR count). The third kappa shape index (κ3) is 4.57. The van der Waals surface area contributed by atoms with Crippen molar-refractivity contribution in [3.63, 3.8) is 0 Å². The predicted octanol–water partition coefficient (Wildman–Crippen LogP) is 1.85. The summed E-state index contributed by atoms with van der Waals surface area (Å²) in [5.41, 5.74) is 1.13. The Bertz CT molecular complexity index is 415. The Morgan fingerprint density at radius 1 is 1.47 bits per heavy atom. The van der Waals surface area contributed by atoms with E-state index in [-0.39, 0.29) is 12.4 Å². The van der Waals surface area contributed by atoms with Gasteiger partial charge in [-0.3, -0.25) is 0 Å². The topological polar surface area (TPSA) is 44.3 Å². The summed E-state index contributed by atoms with van der Waals surface area (Å²) < 4.78 is 14.6. The van der Waals surface area contributed by atoms with Crippen LogP contribution in [-0.2, 0) is 6.54 Å². The van der Waals surface area contributed by atoms with Gasteiger partial charge in [0.05, 0.1) is 6.61 Å². The molecule has 94 valence electrons. The fourth-order valence-corrected chi connectivity index (χ4v) is 2.12. The maximum atomic E-state index is 13.7. The minimum Gasteiger partial charge on any atom is -0.395 e. The second-order valence-corrected chi connectivity index (χ2v) is 4.85. The summed E-state index contributed by atoms with van der Waals surface area (Å²) in [4.78, 5) is 0. The smallest absolute Gasteiger partial charge is 0.166 e. The number of nitrogens with one attached hydrogen (secondary N) is 2. The van der Waals surface area contributed by atoms with Crippen LogP contribution in [0.15, 0.2) is 16.6 Å². The number of aliphatic hydroxyl groups is 1. The fourth-order valence-electron chi connectivity index (χ4n) is 1.33. The Morgan fingerprint density at radius 2 is 2.18 bits per heavy atom. The lowest BCUT2D eigenvalue weighted by Gasteiger charge is -2.11. The Balaban J connectivity index is 2.60. The molecular formula is C11H14BrFN2OS. The molecule has 6 heteroatoms. The molecule has 0 amide bonds. The van der Waals surface area contributed by atoms with Gasteiger partial charge >= 0.3 is 0 Å². The standard InChI is InChI=1S/C11H14BrFN2OS/c1-7-4-9(12)5-8(10(7)13)6-15-11(17)14-2-3-16/h4-5,16H,2-3,6H2,1H3,(H2,14,15,17). The first kappa shape index (κ1) is 14.3. The van der Waals surface area contributed by atoms with Crippen LogP contribution < -0.4 is 10.6 Å². The van der Waals surface area contributed by atoms with E-state index in [1.54, 1.807) is 19.1 Å². The second-order valence-electron chi connectivity index (χ2n) is 3.53. The number of benzene rings is 1. The maximum Gasteiger partial charge on any atom is 0.166 e. The van der Waals surface area contributed by atoms with Crippen molar-refractivity contribution in [3.05, 3.63) is 33.5 Å².